The molecule has 2 unspecified atom stereocenters. The summed E-state index contributed by atoms with van der Waals surface area (Å²) in [7, 11) is 0. The molecule has 6 N–H and O–H groups in total. The number of anilines is 4. The number of nitrogens with zero attached hydrogens (tertiary/aromatic N) is 7. The third-order valence-electron chi connectivity index (χ3n) is 11.2. The number of hydrogen-bond acceptors (Lipinski definition) is 13. The first-order valence-corrected chi connectivity index (χ1v) is 18.6. The summed E-state index contributed by atoms with van der Waals surface area (Å²) in [5.41, 5.74) is 15.8. The molecule has 1 aromatic heterocycles. The number of aromatic nitrogens is 3. The summed E-state index contributed by atoms with van der Waals surface area (Å²) in [4.78, 5) is 74.8. The van der Waals surface area contributed by atoms with Gasteiger partial charge in [0, 0.05) is 55.9 Å². The lowest BCUT2D eigenvalue weighted by molar-refractivity contribution is -0.136. The first-order chi connectivity index (χ1) is 26.1. The van der Waals surface area contributed by atoms with Crippen molar-refractivity contribution in [2.45, 2.75) is 56.9 Å². The van der Waals surface area contributed by atoms with Crippen LogP contribution >= 0.6 is 0 Å². The van der Waals surface area contributed by atoms with Gasteiger partial charge in [0.05, 0.1) is 11.1 Å². The van der Waals surface area contributed by atoms with Gasteiger partial charge in [0.2, 0.25) is 11.8 Å². The van der Waals surface area contributed by atoms with Crippen LogP contribution in [0.3, 0.4) is 0 Å². The van der Waals surface area contributed by atoms with Gasteiger partial charge in [0.1, 0.15) is 6.04 Å². The van der Waals surface area contributed by atoms with Gasteiger partial charge in [-0.25, -0.2) is 0 Å². The van der Waals surface area contributed by atoms with Gasteiger partial charge in [-0.3, -0.25) is 34.2 Å². The summed E-state index contributed by atoms with van der Waals surface area (Å²) in [5.74, 6) is -1.19. The highest BCUT2D eigenvalue weighted by Crippen LogP contribution is 2.34. The number of primary amides is 1. The predicted molar refractivity (Wildman–Crippen MR) is 199 cm³/mol. The van der Waals surface area contributed by atoms with Crippen molar-refractivity contribution >= 4 is 52.7 Å². The zero-order valence-corrected chi connectivity index (χ0v) is 29.9. The number of imide groups is 2. The van der Waals surface area contributed by atoms with Crippen LogP contribution in [0.4, 0.5) is 23.1 Å². The third-order valence-corrected chi connectivity index (χ3v) is 11.2. The van der Waals surface area contributed by atoms with Gasteiger partial charge in [-0.05, 0) is 99.3 Å². The smallest absolute Gasteiger partial charge is 0.273 e. The number of benzene rings is 2. The summed E-state index contributed by atoms with van der Waals surface area (Å²) in [6, 6.07) is 12.6. The van der Waals surface area contributed by atoms with Crippen LogP contribution in [-0.4, -0.2) is 99.8 Å². The largest absolute Gasteiger partial charge is 0.401 e. The second kappa shape index (κ2) is 14.5. The molecule has 16 nitrogen and oxygen atoms in total. The minimum absolute atomic E-state index is 0.0354. The van der Waals surface area contributed by atoms with Gasteiger partial charge in [-0.2, -0.15) is 4.98 Å². The van der Waals surface area contributed by atoms with Gasteiger partial charge < -0.3 is 31.5 Å². The molecule has 3 saturated heterocycles. The molecule has 0 aliphatic carbocycles. The Morgan fingerprint density at radius 2 is 1.67 bits per heavy atom. The average Bonchev–Trinajstić information content (AvgIpc) is 3.73. The molecule has 0 spiro atoms. The molecule has 2 atom stereocenters. The van der Waals surface area contributed by atoms with E-state index in [0.29, 0.717) is 35.5 Å². The van der Waals surface area contributed by atoms with Crippen LogP contribution in [-0.2, 0) is 9.59 Å². The van der Waals surface area contributed by atoms with E-state index in [-0.39, 0.29) is 24.4 Å². The number of nitrogens with one attached hydrogen (secondary N) is 2. The van der Waals surface area contributed by atoms with Gasteiger partial charge in [-0.1, -0.05) is 12.1 Å². The van der Waals surface area contributed by atoms with Gasteiger partial charge in [0.15, 0.2) is 11.5 Å². The Labute approximate surface area is 311 Å². The standard InChI is InChI=1S/C38H43N11O5/c39-25-2-1-14-48(21-25)38-43-34(32(33(40)51)44-45-38)41-26-5-3-23(4-6-26)24-12-15-46(16-13-24)19-22-11-17-47(20-22)27-7-8-28-29(18-27)37(54)49(36(28)53)30-9-10-31(50)42-35(30)52/h3-8,18,21-22,24,30H,1-2,9-17,19-20,39H2,(H2,40,51)(H,41,43,45)(H,42,50,52). The van der Waals surface area contributed by atoms with Crippen molar-refractivity contribution in [3.63, 3.8) is 0 Å². The lowest BCUT2D eigenvalue weighted by atomic mass is 9.89. The average molecular weight is 734 g/mol. The molecule has 8 rings (SSSR count). The highest BCUT2D eigenvalue weighted by atomic mass is 16.2. The predicted octanol–water partition coefficient (Wildman–Crippen LogP) is 2.22. The molecule has 5 aliphatic heterocycles. The summed E-state index contributed by atoms with van der Waals surface area (Å²) in [6.07, 6.45) is 6.82. The molecule has 6 heterocycles. The molecular formula is C38H43N11O5. The van der Waals surface area contributed by atoms with Crippen molar-refractivity contribution in [1.82, 2.24) is 30.3 Å². The molecule has 3 aromatic rings. The molecule has 16 heteroatoms. The molecular weight excluding hydrogens is 690 g/mol. The highest BCUT2D eigenvalue weighted by molar-refractivity contribution is 6.23. The number of likely N-dealkylation sites (tertiary alicyclic amines) is 1. The molecule has 280 valence electrons. The maximum Gasteiger partial charge on any atom is 0.273 e. The van der Waals surface area contributed by atoms with Crippen LogP contribution in [0.15, 0.2) is 54.4 Å². The van der Waals surface area contributed by atoms with Crippen molar-refractivity contribution in [1.29, 1.82) is 0 Å². The Kier molecular flexibility index (Phi) is 9.43. The number of amides is 5. The Morgan fingerprint density at radius 1 is 0.889 bits per heavy atom. The van der Waals surface area contributed by atoms with Gasteiger partial charge in [0.25, 0.3) is 23.7 Å². The molecule has 5 amide bonds. The van der Waals surface area contributed by atoms with E-state index in [2.05, 4.69) is 47.7 Å². The summed E-state index contributed by atoms with van der Waals surface area (Å²) in [5, 5.41) is 13.6. The number of rotatable bonds is 9. The van der Waals surface area contributed by atoms with E-state index in [9.17, 15) is 24.0 Å². The zero-order valence-electron chi connectivity index (χ0n) is 29.9. The molecule has 0 bridgehead atoms. The van der Waals surface area contributed by atoms with E-state index in [1.807, 2.05) is 23.1 Å². The van der Waals surface area contributed by atoms with Crippen molar-refractivity contribution < 1.29 is 24.0 Å². The quantitative estimate of drug-likeness (QED) is 0.233. The number of carbonyl (C=O) groups excluding carboxylic acids is 5. The van der Waals surface area contributed by atoms with Crippen molar-refractivity contribution in [2.75, 3.05) is 54.4 Å². The second-order valence-corrected chi connectivity index (χ2v) is 14.8. The number of carbonyl (C=O) groups is 5. The van der Waals surface area contributed by atoms with Crippen molar-refractivity contribution in [2.24, 2.45) is 17.4 Å². The first-order valence-electron chi connectivity index (χ1n) is 18.6. The van der Waals surface area contributed by atoms with E-state index in [1.54, 1.807) is 18.3 Å². The fourth-order valence-corrected chi connectivity index (χ4v) is 8.29. The van der Waals surface area contributed by atoms with E-state index in [1.165, 1.54) is 5.56 Å². The van der Waals surface area contributed by atoms with E-state index >= 15 is 0 Å². The Hall–Kier alpha value is -5.90. The molecule has 3 fully saturated rings. The Balaban J connectivity index is 0.839. The maximum absolute atomic E-state index is 13.3. The van der Waals surface area contributed by atoms with Gasteiger partial charge in [-0.15, -0.1) is 10.2 Å². The molecule has 0 radical (unpaired) electrons. The second-order valence-electron chi connectivity index (χ2n) is 14.8. The topological polar surface area (TPSA) is 213 Å². The SMILES string of the molecule is NC(=O)c1nnc(N2C=C(N)CCC2)nc1Nc1ccc(C2CCN(CC3CCN(c4ccc5c(c4)C(=O)N(C4CCC(=O)NC4=O)C5=O)C3)CC2)cc1. The highest BCUT2D eigenvalue weighted by Gasteiger charge is 2.45. The van der Waals surface area contributed by atoms with Crippen LogP contribution in [0.2, 0.25) is 0 Å². The zero-order chi connectivity index (χ0) is 37.5. The van der Waals surface area contributed by atoms with E-state index < -0.39 is 35.6 Å². The number of piperidine rings is 2. The number of hydrogen-bond donors (Lipinski definition) is 4. The van der Waals surface area contributed by atoms with Gasteiger partial charge >= 0.3 is 0 Å². The van der Waals surface area contributed by atoms with Crippen LogP contribution < -0.4 is 31.9 Å². The van der Waals surface area contributed by atoms with Crippen molar-refractivity contribution in [3.05, 3.63) is 76.7 Å². The monoisotopic (exact) mass is 733 g/mol. The Morgan fingerprint density at radius 3 is 2.41 bits per heavy atom. The van der Waals surface area contributed by atoms with E-state index in [4.69, 9.17) is 11.5 Å². The van der Waals surface area contributed by atoms with Crippen LogP contribution in [0.1, 0.15) is 87.6 Å². The molecule has 5 aliphatic rings. The maximum atomic E-state index is 13.3. The summed E-state index contributed by atoms with van der Waals surface area (Å²) in [6.45, 7) is 5.41. The van der Waals surface area contributed by atoms with Crippen LogP contribution in [0.25, 0.3) is 0 Å². The summed E-state index contributed by atoms with van der Waals surface area (Å²) >= 11 is 0. The number of fused-ring (bicyclic) bond motifs is 1. The Bertz CT molecular complexity index is 2050. The fourth-order valence-electron chi connectivity index (χ4n) is 8.29. The third kappa shape index (κ3) is 6.96. The molecule has 0 saturated carbocycles. The number of allylic oxidation sites excluding steroid dienone is 1. The molecule has 54 heavy (non-hydrogen) atoms. The van der Waals surface area contributed by atoms with Crippen LogP contribution in [0, 0.1) is 5.92 Å². The lowest BCUT2D eigenvalue weighted by Crippen LogP contribution is -2.54. The molecule has 2 aromatic carbocycles. The van der Waals surface area contributed by atoms with Crippen molar-refractivity contribution in [3.8, 4) is 0 Å². The first kappa shape index (κ1) is 35.1. The fraction of sp³-hybridized carbons (Fsp3) is 0.421. The minimum atomic E-state index is -0.973. The lowest BCUT2D eigenvalue weighted by Gasteiger charge is -2.34. The normalized spacial score (nSPS) is 22.4. The van der Waals surface area contributed by atoms with Crippen LogP contribution in [0.5, 0.6) is 0 Å². The summed E-state index contributed by atoms with van der Waals surface area (Å²) < 4.78 is 0. The minimum Gasteiger partial charge on any atom is -0.401 e. The number of nitrogens with two attached hydrogens (primary N) is 2. The van der Waals surface area contributed by atoms with E-state index in [0.717, 1.165) is 86.8 Å².